The van der Waals surface area contributed by atoms with Crippen LogP contribution in [-0.4, -0.2) is 46.3 Å². The van der Waals surface area contributed by atoms with Gasteiger partial charge in [0.25, 0.3) is 0 Å². The zero-order chi connectivity index (χ0) is 15.7. The molecule has 0 aliphatic rings. The molecule has 0 aliphatic carbocycles. The van der Waals surface area contributed by atoms with Crippen LogP contribution in [0.25, 0.3) is 0 Å². The van der Waals surface area contributed by atoms with E-state index >= 15 is 0 Å². The van der Waals surface area contributed by atoms with Crippen molar-refractivity contribution in [1.82, 2.24) is 4.90 Å². The number of rotatable bonds is 7. The minimum Gasteiger partial charge on any atom is -0.410 e. The van der Waals surface area contributed by atoms with Crippen molar-refractivity contribution in [2.24, 2.45) is 5.16 Å². The quantitative estimate of drug-likeness (QED) is 0.275. The van der Waals surface area contributed by atoms with Crippen molar-refractivity contribution >= 4 is 22.6 Å². The van der Waals surface area contributed by atoms with Gasteiger partial charge in [-0.25, -0.2) is 0 Å². The molecule has 0 spiro atoms. The van der Waals surface area contributed by atoms with Gasteiger partial charge < -0.3 is 10.1 Å². The summed E-state index contributed by atoms with van der Waals surface area (Å²) >= 11 is 1.24. The van der Waals surface area contributed by atoms with Crippen molar-refractivity contribution in [2.45, 2.75) is 13.8 Å². The van der Waals surface area contributed by atoms with Crippen molar-refractivity contribution in [2.75, 3.05) is 25.4 Å². The first kappa shape index (κ1) is 17.2. The van der Waals surface area contributed by atoms with Gasteiger partial charge in [0, 0.05) is 17.9 Å². The predicted molar refractivity (Wildman–Crippen MR) is 85.0 cm³/mol. The van der Waals surface area contributed by atoms with Crippen molar-refractivity contribution in [3.63, 3.8) is 0 Å². The number of nitrogens with zero attached hydrogens (tertiary/aromatic N) is 3. The molecule has 112 valence electrons. The molecule has 0 unspecified atom stereocenters. The number of carbonyl (C=O) groups excluding carboxylic acids is 1. The minimum atomic E-state index is -0.327. The van der Waals surface area contributed by atoms with E-state index in [0.29, 0.717) is 16.9 Å². The molecule has 0 amide bonds. The number of hydrogen-bond donors (Lipinski definition) is 1. The SMILES string of the molecule is CCN(CC)CCS/C(=N\O)C(=O)c1ccc(C#N)cc1. The molecule has 1 aromatic carbocycles. The Hall–Kier alpha value is -1.84. The van der Waals surface area contributed by atoms with E-state index < -0.39 is 0 Å². The molecule has 0 radical (unpaired) electrons. The maximum Gasteiger partial charge on any atom is 0.221 e. The molecule has 0 aromatic heterocycles. The molecule has 21 heavy (non-hydrogen) atoms. The summed E-state index contributed by atoms with van der Waals surface area (Å²) in [6, 6.07) is 8.27. The van der Waals surface area contributed by atoms with Crippen LogP contribution in [0.5, 0.6) is 0 Å². The zero-order valence-electron chi connectivity index (χ0n) is 12.2. The minimum absolute atomic E-state index is 0.0758. The number of nitriles is 1. The van der Waals surface area contributed by atoms with E-state index in [2.05, 4.69) is 23.9 Å². The smallest absolute Gasteiger partial charge is 0.221 e. The molecule has 0 bridgehead atoms. The molecule has 0 saturated heterocycles. The van der Waals surface area contributed by atoms with Gasteiger partial charge in [0.15, 0.2) is 5.04 Å². The molecule has 1 aromatic rings. The lowest BCUT2D eigenvalue weighted by molar-refractivity contribution is 0.106. The fourth-order valence-electron chi connectivity index (χ4n) is 1.77. The Morgan fingerprint density at radius 3 is 2.43 bits per heavy atom. The first-order valence-electron chi connectivity index (χ1n) is 6.78. The molecule has 0 aliphatic heterocycles. The standard InChI is InChI=1S/C15H19N3O2S/c1-3-18(4-2)9-10-21-15(17-20)14(19)13-7-5-12(11-16)6-8-13/h5-8,20H,3-4,9-10H2,1-2H3/b17-15-. The average Bonchev–Trinajstić information content (AvgIpc) is 2.55. The summed E-state index contributed by atoms with van der Waals surface area (Å²) in [5, 5.41) is 20.9. The normalized spacial score (nSPS) is 11.4. The lowest BCUT2D eigenvalue weighted by atomic mass is 10.1. The maximum atomic E-state index is 12.2. The van der Waals surface area contributed by atoms with Crippen LogP contribution in [-0.2, 0) is 0 Å². The van der Waals surface area contributed by atoms with Gasteiger partial charge in [-0.1, -0.05) is 30.8 Å². The number of benzene rings is 1. The second-order valence-corrected chi connectivity index (χ2v) is 5.38. The first-order valence-corrected chi connectivity index (χ1v) is 7.76. The topological polar surface area (TPSA) is 76.7 Å². The highest BCUT2D eigenvalue weighted by molar-refractivity contribution is 8.15. The van der Waals surface area contributed by atoms with E-state index in [4.69, 9.17) is 10.5 Å². The maximum absolute atomic E-state index is 12.2. The highest BCUT2D eigenvalue weighted by Gasteiger charge is 2.15. The third-order valence-corrected chi connectivity index (χ3v) is 4.03. The summed E-state index contributed by atoms with van der Waals surface area (Å²) in [5.41, 5.74) is 0.903. The molecule has 0 atom stereocenters. The molecule has 6 heteroatoms. The summed E-state index contributed by atoms with van der Waals surface area (Å²) in [6.45, 7) is 6.89. The van der Waals surface area contributed by atoms with Crippen LogP contribution < -0.4 is 0 Å². The predicted octanol–water partition coefficient (Wildman–Crippen LogP) is 2.60. The van der Waals surface area contributed by atoms with E-state index in [9.17, 15) is 4.79 Å². The second-order valence-electron chi connectivity index (χ2n) is 4.30. The highest BCUT2D eigenvalue weighted by atomic mass is 32.2. The van der Waals surface area contributed by atoms with Gasteiger partial charge in [-0.2, -0.15) is 5.26 Å². The Kier molecular flexibility index (Phi) is 7.51. The fraction of sp³-hybridized carbons (Fsp3) is 0.400. The molecular weight excluding hydrogens is 286 g/mol. The van der Waals surface area contributed by atoms with Crippen LogP contribution >= 0.6 is 11.8 Å². The van der Waals surface area contributed by atoms with E-state index in [1.54, 1.807) is 24.3 Å². The summed E-state index contributed by atoms with van der Waals surface area (Å²) in [4.78, 5) is 14.4. The Balaban J connectivity index is 2.63. The number of Topliss-reactive ketones (excluding diaryl/α,β-unsaturated/α-hetero) is 1. The number of carbonyl (C=O) groups is 1. The fourth-order valence-corrected chi connectivity index (χ4v) is 2.62. The Morgan fingerprint density at radius 2 is 1.95 bits per heavy atom. The summed E-state index contributed by atoms with van der Waals surface area (Å²) < 4.78 is 0. The van der Waals surface area contributed by atoms with Crippen molar-refractivity contribution < 1.29 is 10.0 Å². The Morgan fingerprint density at radius 1 is 1.33 bits per heavy atom. The molecule has 0 fully saturated rings. The Labute approximate surface area is 129 Å². The van der Waals surface area contributed by atoms with Crippen molar-refractivity contribution in [3.05, 3.63) is 35.4 Å². The summed E-state index contributed by atoms with van der Waals surface area (Å²) in [5.74, 6) is 0.356. The van der Waals surface area contributed by atoms with Crippen LogP contribution in [0.1, 0.15) is 29.8 Å². The van der Waals surface area contributed by atoms with E-state index in [0.717, 1.165) is 19.6 Å². The molecular formula is C15H19N3O2S. The van der Waals surface area contributed by atoms with Crippen molar-refractivity contribution in [3.8, 4) is 6.07 Å². The lowest BCUT2D eigenvalue weighted by Crippen LogP contribution is -2.26. The molecule has 1 N–H and O–H groups in total. The van der Waals surface area contributed by atoms with Gasteiger partial charge >= 0.3 is 0 Å². The van der Waals surface area contributed by atoms with Gasteiger partial charge in [-0.05, 0) is 37.4 Å². The van der Waals surface area contributed by atoms with Crippen LogP contribution in [0, 0.1) is 11.3 Å². The zero-order valence-corrected chi connectivity index (χ0v) is 13.1. The lowest BCUT2D eigenvalue weighted by Gasteiger charge is -2.17. The van der Waals surface area contributed by atoms with Crippen LogP contribution in [0.4, 0.5) is 0 Å². The van der Waals surface area contributed by atoms with Gasteiger partial charge in [-0.3, -0.25) is 4.79 Å². The number of hydrogen-bond acceptors (Lipinski definition) is 6. The molecule has 5 nitrogen and oxygen atoms in total. The molecule has 1 rings (SSSR count). The van der Waals surface area contributed by atoms with Gasteiger partial charge in [0.1, 0.15) is 0 Å². The number of thioether (sulfide) groups is 1. The van der Waals surface area contributed by atoms with Crippen LogP contribution in [0.15, 0.2) is 29.4 Å². The van der Waals surface area contributed by atoms with Crippen LogP contribution in [0.2, 0.25) is 0 Å². The van der Waals surface area contributed by atoms with E-state index in [1.807, 2.05) is 6.07 Å². The van der Waals surface area contributed by atoms with Gasteiger partial charge in [0.2, 0.25) is 5.78 Å². The van der Waals surface area contributed by atoms with Crippen molar-refractivity contribution in [1.29, 1.82) is 5.26 Å². The second kappa shape index (κ2) is 9.16. The first-order chi connectivity index (χ1) is 10.2. The Bertz CT molecular complexity index is 531. The molecule has 0 saturated carbocycles. The monoisotopic (exact) mass is 305 g/mol. The molecule has 0 heterocycles. The largest absolute Gasteiger partial charge is 0.410 e. The van der Waals surface area contributed by atoms with Crippen LogP contribution in [0.3, 0.4) is 0 Å². The third-order valence-electron chi connectivity index (χ3n) is 3.10. The van der Waals surface area contributed by atoms with E-state index in [-0.39, 0.29) is 10.8 Å². The van der Waals surface area contributed by atoms with Gasteiger partial charge in [-0.15, -0.1) is 0 Å². The van der Waals surface area contributed by atoms with E-state index in [1.165, 1.54) is 11.8 Å². The third kappa shape index (κ3) is 5.21. The summed E-state index contributed by atoms with van der Waals surface area (Å²) in [7, 11) is 0. The highest BCUT2D eigenvalue weighted by Crippen LogP contribution is 2.12. The summed E-state index contributed by atoms with van der Waals surface area (Å²) in [6.07, 6.45) is 0. The number of oxime groups is 1. The number of ketones is 1. The van der Waals surface area contributed by atoms with Gasteiger partial charge in [0.05, 0.1) is 11.6 Å². The average molecular weight is 305 g/mol.